The molecule has 0 spiro atoms. The van der Waals surface area contributed by atoms with Gasteiger partial charge in [0.1, 0.15) is 5.48 Å². The number of nitrogens with zero attached hydrogens (tertiary/aromatic N) is 3. The number of benzene rings is 2. The van der Waals surface area contributed by atoms with Crippen molar-refractivity contribution in [3.05, 3.63) is 80.8 Å². The van der Waals surface area contributed by atoms with Crippen molar-refractivity contribution >= 4 is 23.8 Å². The molecule has 0 radical (unpaired) electrons. The van der Waals surface area contributed by atoms with Crippen LogP contribution in [-0.4, -0.2) is 16.5 Å². The van der Waals surface area contributed by atoms with Crippen LogP contribution in [-0.2, 0) is 6.42 Å². The van der Waals surface area contributed by atoms with Crippen LogP contribution in [0.1, 0.15) is 24.0 Å². The summed E-state index contributed by atoms with van der Waals surface area (Å²) in [5.41, 5.74) is 4.38. The molecule has 2 aromatic carbocycles. The van der Waals surface area contributed by atoms with Crippen LogP contribution in [0.25, 0.3) is 6.58 Å². The first kappa shape index (κ1) is 17.2. The molecule has 2 heterocycles. The lowest BCUT2D eigenvalue weighted by Crippen LogP contribution is -2.42. The molecular weight excluding hydrogens is 336 g/mol. The Hall–Kier alpha value is -3.21. The van der Waals surface area contributed by atoms with E-state index in [9.17, 15) is 4.79 Å². The fraction of sp³-hybridized carbons (Fsp3) is 0.227. The Morgan fingerprint density at radius 1 is 1.11 bits per heavy atom. The highest BCUT2D eigenvalue weighted by Gasteiger charge is 2.22. The number of aromatic nitrogens is 2. The first-order valence-corrected chi connectivity index (χ1v) is 9.22. The molecule has 0 unspecified atom stereocenters. The van der Waals surface area contributed by atoms with E-state index in [1.807, 2.05) is 19.1 Å². The maximum Gasteiger partial charge on any atom is 0.279 e. The maximum absolute atomic E-state index is 12.4. The second-order valence-electron chi connectivity index (χ2n) is 6.88. The predicted octanol–water partition coefficient (Wildman–Crippen LogP) is 2.91. The van der Waals surface area contributed by atoms with E-state index in [4.69, 9.17) is 0 Å². The summed E-state index contributed by atoms with van der Waals surface area (Å²) in [4.78, 5) is 26.2. The van der Waals surface area contributed by atoms with Gasteiger partial charge in [-0.3, -0.25) is 4.79 Å². The monoisotopic (exact) mass is 358 g/mol. The molecule has 0 saturated carbocycles. The van der Waals surface area contributed by atoms with Crippen LogP contribution >= 0.6 is 0 Å². The SMILES string of the molecule is C=c1nc2c(c(=O)[nH]1)=Nc1cc(C)ccc1N2CCCCc1ccccc1. The summed E-state index contributed by atoms with van der Waals surface area (Å²) in [6, 6.07) is 16.6. The highest BCUT2D eigenvalue weighted by atomic mass is 16.1. The van der Waals surface area contributed by atoms with Gasteiger partial charge in [-0.25, -0.2) is 9.98 Å². The molecule has 0 fully saturated rings. The van der Waals surface area contributed by atoms with Crippen molar-refractivity contribution in [3.8, 4) is 0 Å². The molecule has 5 heteroatoms. The van der Waals surface area contributed by atoms with Crippen LogP contribution in [0.15, 0.2) is 58.3 Å². The highest BCUT2D eigenvalue weighted by Crippen LogP contribution is 2.35. The standard InChI is InChI=1S/C22H22N4O/c1-15-11-12-19-18(14-15)25-20-21(23-16(2)24-22(20)27)26(19)13-7-6-10-17-8-4-3-5-9-17/h3-5,8-9,11-12,14H,2,6-7,10,13H2,1H3,(H,24,27). The van der Waals surface area contributed by atoms with Crippen molar-refractivity contribution in [1.29, 1.82) is 0 Å². The number of rotatable bonds is 5. The lowest BCUT2D eigenvalue weighted by molar-refractivity contribution is 0.722. The smallest absolute Gasteiger partial charge is 0.279 e. The van der Waals surface area contributed by atoms with Crippen LogP contribution in [0.5, 0.6) is 0 Å². The lowest BCUT2D eigenvalue weighted by Gasteiger charge is -2.28. The average molecular weight is 358 g/mol. The molecule has 0 amide bonds. The third-order valence-corrected chi connectivity index (χ3v) is 4.78. The van der Waals surface area contributed by atoms with Gasteiger partial charge in [0.05, 0.1) is 11.4 Å². The summed E-state index contributed by atoms with van der Waals surface area (Å²) >= 11 is 0. The summed E-state index contributed by atoms with van der Waals surface area (Å²) < 4.78 is 0. The van der Waals surface area contributed by atoms with Gasteiger partial charge in [0.2, 0.25) is 0 Å². The van der Waals surface area contributed by atoms with E-state index in [1.54, 1.807) is 0 Å². The number of fused-ring (bicyclic) bond motifs is 2. The molecule has 1 aromatic heterocycles. The molecule has 4 rings (SSSR count). The quantitative estimate of drug-likeness (QED) is 0.714. The van der Waals surface area contributed by atoms with E-state index >= 15 is 0 Å². The largest absolute Gasteiger partial charge is 0.322 e. The first-order valence-electron chi connectivity index (χ1n) is 9.22. The van der Waals surface area contributed by atoms with Crippen molar-refractivity contribution in [1.82, 2.24) is 9.97 Å². The number of aromatic amines is 1. The highest BCUT2D eigenvalue weighted by molar-refractivity contribution is 5.75. The van der Waals surface area contributed by atoms with E-state index in [2.05, 4.69) is 62.8 Å². The van der Waals surface area contributed by atoms with Crippen LogP contribution in [0.4, 0.5) is 17.2 Å². The van der Waals surface area contributed by atoms with E-state index in [0.717, 1.165) is 42.7 Å². The molecule has 27 heavy (non-hydrogen) atoms. The molecule has 1 N–H and O–H groups in total. The van der Waals surface area contributed by atoms with Gasteiger partial charge in [-0.15, -0.1) is 0 Å². The molecule has 0 bridgehead atoms. The minimum Gasteiger partial charge on any atom is -0.322 e. The minimum absolute atomic E-state index is 0.244. The van der Waals surface area contributed by atoms with Crippen molar-refractivity contribution < 1.29 is 0 Å². The third-order valence-electron chi connectivity index (χ3n) is 4.78. The maximum atomic E-state index is 12.4. The summed E-state index contributed by atoms with van der Waals surface area (Å²) in [5, 5.41) is 0.364. The second kappa shape index (κ2) is 7.19. The molecule has 0 saturated heterocycles. The molecule has 3 aromatic rings. The van der Waals surface area contributed by atoms with Gasteiger partial charge in [-0.1, -0.05) is 43.0 Å². The van der Waals surface area contributed by atoms with Crippen LogP contribution in [0.2, 0.25) is 0 Å². The molecule has 0 aliphatic carbocycles. The lowest BCUT2D eigenvalue weighted by atomic mass is 10.1. The zero-order chi connectivity index (χ0) is 18.8. The Bertz CT molecular complexity index is 1140. The summed E-state index contributed by atoms with van der Waals surface area (Å²) in [6.45, 7) is 6.60. The normalized spacial score (nSPS) is 12.3. The fourth-order valence-electron chi connectivity index (χ4n) is 3.45. The van der Waals surface area contributed by atoms with Gasteiger partial charge < -0.3 is 9.88 Å². The molecular formula is C22H22N4O. The van der Waals surface area contributed by atoms with Gasteiger partial charge in [0.25, 0.3) is 5.56 Å². The van der Waals surface area contributed by atoms with Crippen LogP contribution in [0, 0.1) is 6.92 Å². The number of aryl methyl sites for hydroxylation is 2. The minimum atomic E-state index is -0.244. The van der Waals surface area contributed by atoms with E-state index in [-0.39, 0.29) is 5.56 Å². The van der Waals surface area contributed by atoms with Crippen molar-refractivity contribution in [3.63, 3.8) is 0 Å². The van der Waals surface area contributed by atoms with Crippen LogP contribution < -0.4 is 21.3 Å². The van der Waals surface area contributed by atoms with Crippen molar-refractivity contribution in [2.45, 2.75) is 26.2 Å². The van der Waals surface area contributed by atoms with Gasteiger partial charge in [0.15, 0.2) is 11.2 Å². The number of anilines is 2. The first-order chi connectivity index (χ1) is 13.1. The zero-order valence-electron chi connectivity index (χ0n) is 15.4. The Morgan fingerprint density at radius 3 is 2.74 bits per heavy atom. The van der Waals surface area contributed by atoms with Crippen molar-refractivity contribution in [2.24, 2.45) is 4.99 Å². The van der Waals surface area contributed by atoms with Gasteiger partial charge >= 0.3 is 0 Å². The Labute approximate surface area is 157 Å². The van der Waals surface area contributed by atoms with Crippen LogP contribution in [0.3, 0.4) is 0 Å². The van der Waals surface area contributed by atoms with Gasteiger partial charge in [-0.05, 0) is 49.4 Å². The number of hydrogen-bond donors (Lipinski definition) is 1. The number of nitrogens with one attached hydrogen (secondary N) is 1. The summed E-state index contributed by atoms with van der Waals surface area (Å²) in [5.74, 6) is 0.597. The van der Waals surface area contributed by atoms with E-state index in [0.29, 0.717) is 16.7 Å². The molecule has 0 atom stereocenters. The van der Waals surface area contributed by atoms with E-state index in [1.165, 1.54) is 5.56 Å². The molecule has 136 valence electrons. The van der Waals surface area contributed by atoms with E-state index < -0.39 is 0 Å². The Kier molecular flexibility index (Phi) is 4.59. The molecule has 1 aliphatic heterocycles. The van der Waals surface area contributed by atoms with Gasteiger partial charge in [-0.2, -0.15) is 0 Å². The fourth-order valence-corrected chi connectivity index (χ4v) is 3.45. The molecule has 5 nitrogen and oxygen atoms in total. The number of H-pyrrole nitrogens is 1. The average Bonchev–Trinajstić information content (AvgIpc) is 2.66. The third kappa shape index (κ3) is 3.53. The zero-order valence-corrected chi connectivity index (χ0v) is 15.4. The Morgan fingerprint density at radius 2 is 1.93 bits per heavy atom. The summed E-state index contributed by atoms with van der Waals surface area (Å²) in [7, 11) is 0. The second-order valence-corrected chi connectivity index (χ2v) is 6.88. The van der Waals surface area contributed by atoms with Gasteiger partial charge in [0, 0.05) is 6.54 Å². The van der Waals surface area contributed by atoms with Crippen molar-refractivity contribution in [2.75, 3.05) is 11.4 Å². The number of unbranched alkanes of at least 4 members (excludes halogenated alkanes) is 1. The topological polar surface area (TPSA) is 61.4 Å². The Balaban J connectivity index is 1.63. The number of hydrogen-bond acceptors (Lipinski definition) is 4. The summed E-state index contributed by atoms with van der Waals surface area (Å²) in [6.07, 6.45) is 3.09. The predicted molar refractivity (Wildman–Crippen MR) is 108 cm³/mol. The molecule has 1 aliphatic rings.